The number of sulfonamides is 1. The van der Waals surface area contributed by atoms with Crippen molar-refractivity contribution < 1.29 is 17.6 Å². The maximum absolute atomic E-state index is 13.7. The van der Waals surface area contributed by atoms with Crippen molar-refractivity contribution in [3.8, 4) is 0 Å². The highest BCUT2D eigenvalue weighted by atomic mass is 35.5. The number of anilines is 3. The van der Waals surface area contributed by atoms with Crippen LogP contribution in [0.3, 0.4) is 0 Å². The summed E-state index contributed by atoms with van der Waals surface area (Å²) >= 11 is 5.90. The molecule has 1 aliphatic heterocycles. The van der Waals surface area contributed by atoms with E-state index in [-0.39, 0.29) is 15.6 Å². The maximum Gasteiger partial charge on any atom is 0.264 e. The molecule has 4 rings (SSSR count). The average molecular weight is 502 g/mol. The second-order valence-corrected chi connectivity index (χ2v) is 10.3. The van der Waals surface area contributed by atoms with Gasteiger partial charge in [-0.1, -0.05) is 29.8 Å². The van der Waals surface area contributed by atoms with Gasteiger partial charge in [0.05, 0.1) is 15.6 Å². The molecule has 0 spiro atoms. The Morgan fingerprint density at radius 1 is 0.971 bits per heavy atom. The molecule has 1 N–H and O–H groups in total. The zero-order valence-corrected chi connectivity index (χ0v) is 20.0. The molecule has 0 bridgehead atoms. The molecule has 0 aromatic heterocycles. The highest BCUT2D eigenvalue weighted by Gasteiger charge is 2.27. The summed E-state index contributed by atoms with van der Waals surface area (Å²) in [7, 11) is -4.11. The van der Waals surface area contributed by atoms with Crippen LogP contribution in [-0.4, -0.2) is 34.0 Å². The van der Waals surface area contributed by atoms with E-state index in [9.17, 15) is 17.6 Å². The number of amides is 1. The molecular weight excluding hydrogens is 477 g/mol. The number of piperidine rings is 1. The van der Waals surface area contributed by atoms with Crippen LogP contribution >= 0.6 is 11.6 Å². The Morgan fingerprint density at radius 3 is 2.29 bits per heavy atom. The number of hydrogen-bond acceptors (Lipinski definition) is 4. The van der Waals surface area contributed by atoms with Crippen molar-refractivity contribution >= 4 is 44.6 Å². The first-order valence-electron chi connectivity index (χ1n) is 11.0. The lowest BCUT2D eigenvalue weighted by atomic mass is 10.1. The number of benzene rings is 3. The van der Waals surface area contributed by atoms with Gasteiger partial charge in [0.2, 0.25) is 5.91 Å². The summed E-state index contributed by atoms with van der Waals surface area (Å²) < 4.78 is 41.3. The van der Waals surface area contributed by atoms with Crippen LogP contribution in [0, 0.1) is 5.82 Å². The Bertz CT molecular complexity index is 1250. The van der Waals surface area contributed by atoms with Crippen molar-refractivity contribution in [2.75, 3.05) is 34.2 Å². The Hall–Kier alpha value is -3.10. The molecule has 0 unspecified atom stereocenters. The minimum Gasteiger partial charge on any atom is -0.372 e. The van der Waals surface area contributed by atoms with Gasteiger partial charge in [-0.3, -0.25) is 9.10 Å². The van der Waals surface area contributed by atoms with E-state index in [2.05, 4.69) is 10.2 Å². The zero-order chi connectivity index (χ0) is 24.1. The smallest absolute Gasteiger partial charge is 0.264 e. The normalized spacial score (nSPS) is 14.0. The average Bonchev–Trinajstić information content (AvgIpc) is 2.86. The van der Waals surface area contributed by atoms with Gasteiger partial charge in [-0.05, 0) is 73.9 Å². The van der Waals surface area contributed by atoms with Crippen molar-refractivity contribution in [3.63, 3.8) is 0 Å². The number of rotatable bonds is 7. The van der Waals surface area contributed by atoms with Crippen molar-refractivity contribution in [3.05, 3.63) is 83.6 Å². The van der Waals surface area contributed by atoms with Crippen molar-refractivity contribution in [2.24, 2.45) is 0 Å². The molecule has 0 atom stereocenters. The predicted molar refractivity (Wildman–Crippen MR) is 134 cm³/mol. The molecule has 0 aliphatic carbocycles. The third-order valence-electron chi connectivity index (χ3n) is 5.68. The van der Waals surface area contributed by atoms with E-state index in [4.69, 9.17) is 11.6 Å². The second-order valence-electron chi connectivity index (χ2n) is 8.07. The SMILES string of the molecule is O=C(CN(c1ccc(F)c(Cl)c1)S(=O)(=O)c1ccccc1)Nc1ccc(N2CCCCC2)cc1. The van der Waals surface area contributed by atoms with E-state index in [1.54, 1.807) is 30.3 Å². The van der Waals surface area contributed by atoms with Crippen LogP contribution < -0.4 is 14.5 Å². The van der Waals surface area contributed by atoms with E-state index >= 15 is 0 Å². The molecule has 3 aromatic rings. The first kappa shape index (κ1) is 24.0. The fourth-order valence-electron chi connectivity index (χ4n) is 3.91. The summed E-state index contributed by atoms with van der Waals surface area (Å²) in [5, 5.41) is 2.51. The minimum atomic E-state index is -4.11. The molecule has 1 amide bonds. The third kappa shape index (κ3) is 5.51. The Balaban J connectivity index is 1.55. The molecule has 1 heterocycles. The standard InChI is InChI=1S/C25H25ClFN3O3S/c26-23-17-21(13-14-24(23)27)30(34(32,33)22-7-3-1-4-8-22)18-25(31)28-19-9-11-20(12-10-19)29-15-5-2-6-16-29/h1,3-4,7-14,17H,2,5-6,15-16,18H2,(H,28,31). The second kappa shape index (κ2) is 10.4. The van der Waals surface area contributed by atoms with Crippen molar-refractivity contribution in [2.45, 2.75) is 24.2 Å². The van der Waals surface area contributed by atoms with Gasteiger partial charge in [0.15, 0.2) is 0 Å². The van der Waals surface area contributed by atoms with Crippen LogP contribution in [0.4, 0.5) is 21.5 Å². The van der Waals surface area contributed by atoms with Gasteiger partial charge in [-0.25, -0.2) is 12.8 Å². The molecule has 3 aromatic carbocycles. The summed E-state index contributed by atoms with van der Waals surface area (Å²) in [6, 6.07) is 18.8. The van der Waals surface area contributed by atoms with Gasteiger partial charge in [-0.2, -0.15) is 0 Å². The van der Waals surface area contributed by atoms with Crippen molar-refractivity contribution in [1.82, 2.24) is 0 Å². The third-order valence-corrected chi connectivity index (χ3v) is 7.76. The van der Waals surface area contributed by atoms with Crippen LogP contribution in [0.1, 0.15) is 19.3 Å². The van der Waals surface area contributed by atoms with Gasteiger partial charge >= 0.3 is 0 Å². The molecule has 1 saturated heterocycles. The Morgan fingerprint density at radius 2 is 1.65 bits per heavy atom. The number of hydrogen-bond donors (Lipinski definition) is 1. The minimum absolute atomic E-state index is 0.00846. The number of nitrogens with one attached hydrogen (secondary N) is 1. The van der Waals surface area contributed by atoms with Gasteiger partial charge < -0.3 is 10.2 Å². The van der Waals surface area contributed by atoms with Gasteiger partial charge in [-0.15, -0.1) is 0 Å². The number of nitrogens with zero attached hydrogens (tertiary/aromatic N) is 2. The van der Waals surface area contributed by atoms with E-state index in [0.29, 0.717) is 5.69 Å². The lowest BCUT2D eigenvalue weighted by Crippen LogP contribution is -2.38. The fourth-order valence-corrected chi connectivity index (χ4v) is 5.52. The summed E-state index contributed by atoms with van der Waals surface area (Å²) in [5.41, 5.74) is 1.73. The maximum atomic E-state index is 13.7. The molecule has 34 heavy (non-hydrogen) atoms. The number of carbonyl (C=O) groups is 1. The molecule has 6 nitrogen and oxygen atoms in total. The molecule has 1 fully saturated rings. The summed E-state index contributed by atoms with van der Waals surface area (Å²) in [6.07, 6.45) is 3.57. The molecular formula is C25H25ClFN3O3S. The Labute approximate surface area is 204 Å². The van der Waals surface area contributed by atoms with Gasteiger partial charge in [0, 0.05) is 24.5 Å². The van der Waals surface area contributed by atoms with Gasteiger partial charge in [0.1, 0.15) is 12.4 Å². The first-order chi connectivity index (χ1) is 16.3. The molecule has 178 valence electrons. The fraction of sp³-hybridized carbons (Fsp3) is 0.240. The van der Waals surface area contributed by atoms with Crippen LogP contribution in [0.25, 0.3) is 0 Å². The molecule has 0 radical (unpaired) electrons. The van der Waals surface area contributed by atoms with E-state index in [1.807, 2.05) is 12.1 Å². The lowest BCUT2D eigenvalue weighted by Gasteiger charge is -2.29. The largest absolute Gasteiger partial charge is 0.372 e. The van der Waals surface area contributed by atoms with E-state index in [1.165, 1.54) is 30.7 Å². The van der Waals surface area contributed by atoms with Crippen LogP contribution in [-0.2, 0) is 14.8 Å². The predicted octanol–water partition coefficient (Wildman–Crippen LogP) is 5.30. The summed E-state index contributed by atoms with van der Waals surface area (Å²) in [6.45, 7) is 1.52. The first-order valence-corrected chi connectivity index (χ1v) is 12.8. The number of halogens is 2. The molecule has 0 saturated carbocycles. The highest BCUT2D eigenvalue weighted by Crippen LogP contribution is 2.28. The highest BCUT2D eigenvalue weighted by molar-refractivity contribution is 7.92. The van der Waals surface area contributed by atoms with Crippen LogP contribution in [0.2, 0.25) is 5.02 Å². The summed E-state index contributed by atoms with van der Waals surface area (Å²) in [4.78, 5) is 15.2. The molecule has 9 heteroatoms. The van der Waals surface area contributed by atoms with Gasteiger partial charge in [0.25, 0.3) is 10.0 Å². The topological polar surface area (TPSA) is 69.7 Å². The van der Waals surface area contributed by atoms with E-state index in [0.717, 1.165) is 42.0 Å². The van der Waals surface area contributed by atoms with Crippen LogP contribution in [0.15, 0.2) is 77.7 Å². The quantitative estimate of drug-likeness (QED) is 0.476. The van der Waals surface area contributed by atoms with E-state index < -0.39 is 28.3 Å². The Kier molecular flexibility index (Phi) is 7.38. The molecule has 1 aliphatic rings. The van der Waals surface area contributed by atoms with Crippen molar-refractivity contribution in [1.29, 1.82) is 0 Å². The zero-order valence-electron chi connectivity index (χ0n) is 18.5. The van der Waals surface area contributed by atoms with Crippen LogP contribution in [0.5, 0.6) is 0 Å². The summed E-state index contributed by atoms with van der Waals surface area (Å²) in [5.74, 6) is -1.22. The number of carbonyl (C=O) groups excluding carboxylic acids is 1. The monoisotopic (exact) mass is 501 g/mol. The lowest BCUT2D eigenvalue weighted by molar-refractivity contribution is -0.114.